The smallest absolute Gasteiger partial charge is 0.238 e. The summed E-state index contributed by atoms with van der Waals surface area (Å²) in [7, 11) is 1.73. The van der Waals surface area contributed by atoms with Crippen molar-refractivity contribution in [1.82, 2.24) is 4.90 Å². The number of halogens is 1. The maximum atomic E-state index is 13.3. The van der Waals surface area contributed by atoms with Gasteiger partial charge in [-0.05, 0) is 33.0 Å². The molecule has 0 spiro atoms. The molecule has 1 aromatic rings. The third-order valence-corrected chi connectivity index (χ3v) is 2.95. The van der Waals surface area contributed by atoms with Gasteiger partial charge in [0.2, 0.25) is 5.91 Å². The summed E-state index contributed by atoms with van der Waals surface area (Å²) in [4.78, 5) is 13.4. The molecule has 5 heteroatoms. The lowest BCUT2D eigenvalue weighted by molar-refractivity contribution is -0.118. The largest absolute Gasteiger partial charge is 0.394 e. The van der Waals surface area contributed by atoms with Crippen molar-refractivity contribution in [3.63, 3.8) is 0 Å². The third kappa shape index (κ3) is 3.78. The van der Waals surface area contributed by atoms with E-state index in [2.05, 4.69) is 5.32 Å². The number of carbonyl (C=O) groups is 1. The van der Waals surface area contributed by atoms with Crippen LogP contribution in [0.2, 0.25) is 0 Å². The predicted molar refractivity (Wildman–Crippen MR) is 68.8 cm³/mol. The molecule has 0 unspecified atom stereocenters. The minimum atomic E-state index is -0.493. The lowest BCUT2D eigenvalue weighted by atomic mass is 10.1. The summed E-state index contributed by atoms with van der Waals surface area (Å²) in [6.45, 7) is 3.67. The molecule has 0 saturated carbocycles. The number of nitrogens with zero attached hydrogens (tertiary/aromatic N) is 1. The highest BCUT2D eigenvalue weighted by molar-refractivity contribution is 5.92. The molecule has 1 amide bonds. The number of rotatable bonds is 5. The fraction of sp³-hybridized carbons (Fsp3) is 0.462. The van der Waals surface area contributed by atoms with Gasteiger partial charge in [0.15, 0.2) is 0 Å². The molecule has 1 rings (SSSR count). The van der Waals surface area contributed by atoms with Crippen LogP contribution < -0.4 is 5.32 Å². The average molecular weight is 254 g/mol. The molecule has 0 aliphatic heterocycles. The van der Waals surface area contributed by atoms with Crippen LogP contribution in [0.15, 0.2) is 24.3 Å². The van der Waals surface area contributed by atoms with E-state index in [0.29, 0.717) is 0 Å². The van der Waals surface area contributed by atoms with E-state index in [9.17, 15) is 14.3 Å². The Morgan fingerprint density at radius 1 is 1.44 bits per heavy atom. The molecule has 0 heterocycles. The number of nitrogens with one attached hydrogen (secondary N) is 1. The van der Waals surface area contributed by atoms with Crippen molar-refractivity contribution < 1.29 is 14.3 Å². The van der Waals surface area contributed by atoms with Crippen LogP contribution in [-0.4, -0.2) is 41.7 Å². The number of anilines is 1. The number of para-hydroxylation sites is 1. The van der Waals surface area contributed by atoms with Crippen molar-refractivity contribution >= 4 is 11.6 Å². The molecule has 0 aliphatic rings. The fourth-order valence-corrected chi connectivity index (χ4v) is 1.30. The highest BCUT2D eigenvalue weighted by Gasteiger charge is 2.24. The Hall–Kier alpha value is -1.46. The van der Waals surface area contributed by atoms with Gasteiger partial charge in [-0.15, -0.1) is 0 Å². The number of benzene rings is 1. The highest BCUT2D eigenvalue weighted by Crippen LogP contribution is 2.14. The topological polar surface area (TPSA) is 52.6 Å². The Bertz CT molecular complexity index is 421. The molecule has 0 aromatic heterocycles. The van der Waals surface area contributed by atoms with Gasteiger partial charge in [0, 0.05) is 5.54 Å². The summed E-state index contributed by atoms with van der Waals surface area (Å²) in [5.41, 5.74) is -0.329. The van der Waals surface area contributed by atoms with Gasteiger partial charge < -0.3 is 10.4 Å². The SMILES string of the molecule is CN(CC(=O)Nc1ccccc1F)C(C)(C)CO. The summed E-state index contributed by atoms with van der Waals surface area (Å²) in [5, 5.41) is 11.7. The monoisotopic (exact) mass is 254 g/mol. The molecule has 0 fully saturated rings. The Kier molecular flexibility index (Phi) is 4.81. The van der Waals surface area contributed by atoms with E-state index in [1.165, 1.54) is 12.1 Å². The lowest BCUT2D eigenvalue weighted by Crippen LogP contribution is -2.47. The second-order valence-corrected chi connectivity index (χ2v) is 4.85. The van der Waals surface area contributed by atoms with Gasteiger partial charge in [-0.3, -0.25) is 9.69 Å². The molecule has 0 bridgehead atoms. The second-order valence-electron chi connectivity index (χ2n) is 4.85. The van der Waals surface area contributed by atoms with Crippen LogP contribution in [0.4, 0.5) is 10.1 Å². The van der Waals surface area contributed by atoms with Crippen LogP contribution in [-0.2, 0) is 4.79 Å². The van der Waals surface area contributed by atoms with Crippen molar-refractivity contribution in [3.05, 3.63) is 30.1 Å². The number of likely N-dealkylation sites (N-methyl/N-ethyl adjacent to an activating group) is 1. The molecule has 0 atom stereocenters. The Morgan fingerprint density at radius 3 is 2.61 bits per heavy atom. The molecule has 100 valence electrons. The number of amides is 1. The zero-order valence-corrected chi connectivity index (χ0v) is 10.9. The average Bonchev–Trinajstić information content (AvgIpc) is 2.32. The maximum Gasteiger partial charge on any atom is 0.238 e. The van der Waals surface area contributed by atoms with Gasteiger partial charge in [-0.1, -0.05) is 12.1 Å². The first kappa shape index (κ1) is 14.6. The first-order valence-electron chi connectivity index (χ1n) is 5.73. The van der Waals surface area contributed by atoms with Crippen molar-refractivity contribution in [1.29, 1.82) is 0 Å². The van der Waals surface area contributed by atoms with E-state index in [4.69, 9.17) is 0 Å². The molecular formula is C13H19FN2O2. The minimum absolute atomic E-state index is 0.0590. The maximum absolute atomic E-state index is 13.3. The predicted octanol–water partition coefficient (Wildman–Crippen LogP) is 1.47. The standard InChI is InChI=1S/C13H19FN2O2/c1-13(2,9-17)16(3)8-12(18)15-11-7-5-4-6-10(11)14/h4-7,17H,8-9H2,1-3H3,(H,15,18). The van der Waals surface area contributed by atoms with Crippen LogP contribution in [0, 0.1) is 5.82 Å². The zero-order chi connectivity index (χ0) is 13.8. The molecule has 0 saturated heterocycles. The van der Waals surface area contributed by atoms with E-state index in [1.807, 2.05) is 13.8 Å². The fourth-order valence-electron chi connectivity index (χ4n) is 1.30. The molecule has 18 heavy (non-hydrogen) atoms. The molecular weight excluding hydrogens is 235 g/mol. The van der Waals surface area contributed by atoms with E-state index in [-0.39, 0.29) is 24.7 Å². The minimum Gasteiger partial charge on any atom is -0.394 e. The summed E-state index contributed by atoms with van der Waals surface area (Å²) in [6, 6.07) is 6.01. The number of aliphatic hydroxyl groups excluding tert-OH is 1. The van der Waals surface area contributed by atoms with Gasteiger partial charge in [0.05, 0.1) is 18.8 Å². The molecule has 4 nitrogen and oxygen atoms in total. The van der Waals surface area contributed by atoms with Gasteiger partial charge in [0.1, 0.15) is 5.82 Å². The number of hydrogen-bond donors (Lipinski definition) is 2. The van der Waals surface area contributed by atoms with Crippen LogP contribution in [0.25, 0.3) is 0 Å². The molecule has 0 radical (unpaired) electrons. The zero-order valence-electron chi connectivity index (χ0n) is 10.9. The molecule has 0 aliphatic carbocycles. The third-order valence-electron chi connectivity index (χ3n) is 2.95. The summed E-state index contributed by atoms with van der Waals surface area (Å²) >= 11 is 0. The first-order valence-corrected chi connectivity index (χ1v) is 5.73. The van der Waals surface area contributed by atoms with Crippen LogP contribution in [0.1, 0.15) is 13.8 Å². The Morgan fingerprint density at radius 2 is 2.06 bits per heavy atom. The van der Waals surface area contributed by atoms with Crippen LogP contribution in [0.3, 0.4) is 0 Å². The van der Waals surface area contributed by atoms with Gasteiger partial charge in [-0.25, -0.2) is 4.39 Å². The van der Waals surface area contributed by atoms with E-state index in [1.54, 1.807) is 24.1 Å². The number of aliphatic hydroxyl groups is 1. The number of carbonyl (C=O) groups excluding carboxylic acids is 1. The normalized spacial score (nSPS) is 11.7. The van der Waals surface area contributed by atoms with E-state index in [0.717, 1.165) is 0 Å². The van der Waals surface area contributed by atoms with Crippen molar-refractivity contribution in [3.8, 4) is 0 Å². The summed E-state index contributed by atoms with van der Waals surface area (Å²) in [5.74, 6) is -0.779. The van der Waals surface area contributed by atoms with Crippen molar-refractivity contribution in [2.45, 2.75) is 19.4 Å². The lowest BCUT2D eigenvalue weighted by Gasteiger charge is -2.33. The van der Waals surface area contributed by atoms with Crippen LogP contribution in [0.5, 0.6) is 0 Å². The summed E-state index contributed by atoms with van der Waals surface area (Å²) in [6.07, 6.45) is 0. The summed E-state index contributed by atoms with van der Waals surface area (Å²) < 4.78 is 13.3. The van der Waals surface area contributed by atoms with Gasteiger partial charge in [-0.2, -0.15) is 0 Å². The second kappa shape index (κ2) is 5.93. The van der Waals surface area contributed by atoms with Gasteiger partial charge in [0.25, 0.3) is 0 Å². The van der Waals surface area contributed by atoms with Gasteiger partial charge >= 0.3 is 0 Å². The molecule has 2 N–H and O–H groups in total. The van der Waals surface area contributed by atoms with E-state index >= 15 is 0 Å². The quantitative estimate of drug-likeness (QED) is 0.836. The number of hydrogen-bond acceptors (Lipinski definition) is 3. The first-order chi connectivity index (χ1) is 8.36. The Labute approximate surface area is 106 Å². The Balaban J connectivity index is 2.60. The van der Waals surface area contributed by atoms with Crippen molar-refractivity contribution in [2.75, 3.05) is 25.5 Å². The van der Waals surface area contributed by atoms with Crippen LogP contribution >= 0.6 is 0 Å². The highest BCUT2D eigenvalue weighted by atomic mass is 19.1. The molecule has 1 aromatic carbocycles. The van der Waals surface area contributed by atoms with E-state index < -0.39 is 11.4 Å². The van der Waals surface area contributed by atoms with Crippen molar-refractivity contribution in [2.24, 2.45) is 0 Å².